The first-order chi connectivity index (χ1) is 11.1. The summed E-state index contributed by atoms with van der Waals surface area (Å²) in [5.74, 6) is -0.855. The average molecular weight is 311 g/mol. The van der Waals surface area contributed by atoms with Crippen LogP contribution in [0.1, 0.15) is 21.7 Å². The average Bonchev–Trinajstić information content (AvgIpc) is 2.87. The number of halogens is 1. The highest BCUT2D eigenvalue weighted by Crippen LogP contribution is 2.23. The molecule has 2 aromatic heterocycles. The van der Waals surface area contributed by atoms with Gasteiger partial charge >= 0.3 is 5.97 Å². The predicted molar refractivity (Wildman–Crippen MR) is 82.7 cm³/mol. The molecule has 1 N–H and O–H groups in total. The van der Waals surface area contributed by atoms with Crippen LogP contribution in [0.3, 0.4) is 0 Å². The number of carboxylic acid groups (broad SMARTS) is 1. The first-order valence-corrected chi connectivity index (χ1v) is 7.01. The number of nitrogens with zero attached hydrogens (tertiary/aromatic N) is 3. The van der Waals surface area contributed by atoms with Crippen molar-refractivity contribution >= 4 is 5.97 Å². The molecule has 3 aromatic rings. The quantitative estimate of drug-likeness (QED) is 0.803. The number of hydrogen-bond donors (Lipinski definition) is 1. The third kappa shape index (κ3) is 2.96. The summed E-state index contributed by atoms with van der Waals surface area (Å²) in [4.78, 5) is 20.0. The minimum atomic E-state index is -1.05. The van der Waals surface area contributed by atoms with E-state index in [1.54, 1.807) is 42.1 Å². The molecule has 0 aliphatic carbocycles. The first kappa shape index (κ1) is 14.9. The maximum absolute atomic E-state index is 13.1. The summed E-state index contributed by atoms with van der Waals surface area (Å²) in [7, 11) is 0. The van der Waals surface area contributed by atoms with Crippen LogP contribution in [0.4, 0.5) is 4.39 Å². The van der Waals surface area contributed by atoms with Crippen molar-refractivity contribution in [3.8, 4) is 11.4 Å². The zero-order valence-corrected chi connectivity index (χ0v) is 12.4. The fraction of sp³-hybridized carbons (Fsp3) is 0.118. The Morgan fingerprint density at radius 1 is 1.26 bits per heavy atom. The fourth-order valence-corrected chi connectivity index (χ4v) is 2.49. The van der Waals surface area contributed by atoms with Crippen LogP contribution in [0.5, 0.6) is 0 Å². The Bertz CT molecular complexity index is 842. The van der Waals surface area contributed by atoms with E-state index in [9.17, 15) is 14.3 Å². The van der Waals surface area contributed by atoms with E-state index in [1.165, 1.54) is 12.1 Å². The van der Waals surface area contributed by atoms with Gasteiger partial charge in [-0.25, -0.2) is 14.2 Å². The molecular formula is C17H14FN3O2. The van der Waals surface area contributed by atoms with E-state index < -0.39 is 5.97 Å². The third-order valence-electron chi connectivity index (χ3n) is 3.52. The summed E-state index contributed by atoms with van der Waals surface area (Å²) in [5, 5.41) is 9.49. The van der Waals surface area contributed by atoms with Gasteiger partial charge < -0.3 is 9.67 Å². The lowest BCUT2D eigenvalue weighted by Gasteiger charge is -2.10. The number of aromatic carboxylic acids is 1. The van der Waals surface area contributed by atoms with E-state index in [1.807, 2.05) is 6.07 Å². The van der Waals surface area contributed by atoms with Crippen LogP contribution in [0.25, 0.3) is 11.4 Å². The van der Waals surface area contributed by atoms with Crippen LogP contribution >= 0.6 is 0 Å². The molecule has 0 unspecified atom stereocenters. The van der Waals surface area contributed by atoms with Crippen molar-refractivity contribution in [1.82, 2.24) is 14.5 Å². The van der Waals surface area contributed by atoms with E-state index in [4.69, 9.17) is 0 Å². The van der Waals surface area contributed by atoms with Gasteiger partial charge in [0, 0.05) is 24.5 Å². The zero-order chi connectivity index (χ0) is 16.4. The SMILES string of the molecule is Cc1nc(-c2cccnc2)n(Cc2ccc(F)cc2)c1C(=O)O. The highest BCUT2D eigenvalue weighted by Gasteiger charge is 2.21. The number of rotatable bonds is 4. The molecule has 0 amide bonds. The van der Waals surface area contributed by atoms with Crippen LogP contribution in [0.2, 0.25) is 0 Å². The van der Waals surface area contributed by atoms with Crippen LogP contribution in [0, 0.1) is 12.7 Å². The number of aromatic nitrogens is 3. The van der Waals surface area contributed by atoms with Gasteiger partial charge in [0.05, 0.1) is 5.69 Å². The number of benzene rings is 1. The maximum atomic E-state index is 13.1. The summed E-state index contributed by atoms with van der Waals surface area (Å²) in [6.45, 7) is 1.94. The molecule has 1 aromatic carbocycles. The van der Waals surface area contributed by atoms with E-state index >= 15 is 0 Å². The summed E-state index contributed by atoms with van der Waals surface area (Å²) >= 11 is 0. The van der Waals surface area contributed by atoms with Gasteiger partial charge in [0.25, 0.3) is 0 Å². The molecule has 3 rings (SSSR count). The van der Waals surface area contributed by atoms with Gasteiger partial charge in [-0.15, -0.1) is 0 Å². The highest BCUT2D eigenvalue weighted by molar-refractivity contribution is 5.88. The summed E-state index contributed by atoms with van der Waals surface area (Å²) in [6.07, 6.45) is 3.27. The molecule has 0 saturated carbocycles. The molecule has 0 aliphatic heterocycles. The largest absolute Gasteiger partial charge is 0.477 e. The molecule has 0 spiro atoms. The lowest BCUT2D eigenvalue weighted by atomic mass is 10.2. The van der Waals surface area contributed by atoms with E-state index in [2.05, 4.69) is 9.97 Å². The van der Waals surface area contributed by atoms with Crippen molar-refractivity contribution in [3.05, 3.63) is 71.6 Å². The van der Waals surface area contributed by atoms with Crippen molar-refractivity contribution in [2.24, 2.45) is 0 Å². The first-order valence-electron chi connectivity index (χ1n) is 7.01. The minimum absolute atomic E-state index is 0.119. The molecule has 0 radical (unpaired) electrons. The van der Waals surface area contributed by atoms with Crippen molar-refractivity contribution in [3.63, 3.8) is 0 Å². The summed E-state index contributed by atoms with van der Waals surface area (Å²) < 4.78 is 14.7. The highest BCUT2D eigenvalue weighted by atomic mass is 19.1. The van der Waals surface area contributed by atoms with Crippen LogP contribution < -0.4 is 0 Å². The minimum Gasteiger partial charge on any atom is -0.477 e. The van der Waals surface area contributed by atoms with E-state index in [0.29, 0.717) is 11.5 Å². The van der Waals surface area contributed by atoms with Crippen molar-refractivity contribution in [2.45, 2.75) is 13.5 Å². The van der Waals surface area contributed by atoms with Crippen molar-refractivity contribution < 1.29 is 14.3 Å². The van der Waals surface area contributed by atoms with E-state index in [-0.39, 0.29) is 18.1 Å². The Morgan fingerprint density at radius 2 is 2.00 bits per heavy atom. The Balaban J connectivity index is 2.12. The Hall–Kier alpha value is -3.02. The smallest absolute Gasteiger partial charge is 0.354 e. The number of imidazole rings is 1. The van der Waals surface area contributed by atoms with Crippen LogP contribution in [0.15, 0.2) is 48.8 Å². The van der Waals surface area contributed by atoms with Gasteiger partial charge in [-0.3, -0.25) is 4.98 Å². The number of hydrogen-bond acceptors (Lipinski definition) is 3. The van der Waals surface area contributed by atoms with Gasteiger partial charge in [0.2, 0.25) is 0 Å². The summed E-state index contributed by atoms with van der Waals surface area (Å²) in [6, 6.07) is 9.54. The second kappa shape index (κ2) is 6.00. The number of pyridine rings is 1. The lowest BCUT2D eigenvalue weighted by molar-refractivity contribution is 0.0685. The molecular weight excluding hydrogens is 297 g/mol. The molecule has 116 valence electrons. The fourth-order valence-electron chi connectivity index (χ4n) is 2.49. The molecule has 23 heavy (non-hydrogen) atoms. The van der Waals surface area contributed by atoms with Crippen molar-refractivity contribution in [1.29, 1.82) is 0 Å². The summed E-state index contributed by atoms with van der Waals surface area (Å²) in [5.41, 5.74) is 2.06. The Kier molecular flexibility index (Phi) is 3.89. The number of carbonyl (C=O) groups is 1. The topological polar surface area (TPSA) is 68.0 Å². The molecule has 0 saturated heterocycles. The molecule has 0 aliphatic rings. The normalized spacial score (nSPS) is 10.7. The van der Waals surface area contributed by atoms with Gasteiger partial charge in [0.15, 0.2) is 5.69 Å². The lowest BCUT2D eigenvalue weighted by Crippen LogP contribution is -2.12. The van der Waals surface area contributed by atoms with Crippen LogP contribution in [-0.4, -0.2) is 25.6 Å². The molecule has 6 heteroatoms. The Labute approximate surface area is 132 Å². The van der Waals surface area contributed by atoms with Crippen LogP contribution in [-0.2, 0) is 6.54 Å². The number of aryl methyl sites for hydroxylation is 1. The van der Waals surface area contributed by atoms with Gasteiger partial charge in [-0.2, -0.15) is 0 Å². The maximum Gasteiger partial charge on any atom is 0.354 e. The van der Waals surface area contributed by atoms with Gasteiger partial charge in [0.1, 0.15) is 11.6 Å². The molecule has 0 bridgehead atoms. The van der Waals surface area contributed by atoms with E-state index in [0.717, 1.165) is 11.1 Å². The number of carboxylic acids is 1. The standard InChI is InChI=1S/C17H14FN3O2/c1-11-15(17(22)23)21(10-12-4-6-14(18)7-5-12)16(20-11)13-3-2-8-19-9-13/h2-9H,10H2,1H3,(H,22,23). The monoisotopic (exact) mass is 311 g/mol. The molecule has 2 heterocycles. The Morgan fingerprint density at radius 3 is 2.61 bits per heavy atom. The zero-order valence-electron chi connectivity index (χ0n) is 12.4. The second-order valence-corrected chi connectivity index (χ2v) is 5.13. The molecule has 5 nitrogen and oxygen atoms in total. The van der Waals surface area contributed by atoms with Gasteiger partial charge in [-0.05, 0) is 36.8 Å². The molecule has 0 fully saturated rings. The van der Waals surface area contributed by atoms with Crippen molar-refractivity contribution in [2.75, 3.05) is 0 Å². The second-order valence-electron chi connectivity index (χ2n) is 5.13. The molecule has 0 atom stereocenters. The van der Waals surface area contributed by atoms with Gasteiger partial charge in [-0.1, -0.05) is 12.1 Å². The third-order valence-corrected chi connectivity index (χ3v) is 3.52. The predicted octanol–water partition coefficient (Wildman–Crippen LogP) is 3.14.